The highest BCUT2D eigenvalue weighted by atomic mass is 32.1. The van der Waals surface area contributed by atoms with Crippen LogP contribution in [0, 0.1) is 17.1 Å². The number of hydrogen-bond donors (Lipinski definition) is 1. The molecule has 1 aliphatic heterocycles. The number of halogens is 1. The molecular weight excluding hydrogens is 385 g/mol. The minimum Gasteiger partial charge on any atom is -0.379 e. The summed E-state index contributed by atoms with van der Waals surface area (Å²) < 4.78 is 16.5. The molecule has 0 fully saturated rings. The van der Waals surface area contributed by atoms with Gasteiger partial charge in [0.1, 0.15) is 11.4 Å². The van der Waals surface area contributed by atoms with Crippen molar-refractivity contribution in [2.75, 3.05) is 0 Å². The summed E-state index contributed by atoms with van der Waals surface area (Å²) in [6.45, 7) is 0. The third-order valence-electron chi connectivity index (χ3n) is 5.60. The number of aliphatic hydroxyl groups is 1. The number of benzene rings is 2. The number of rotatable bonds is 3. The first-order valence-electron chi connectivity index (χ1n) is 9.17. The van der Waals surface area contributed by atoms with Crippen molar-refractivity contribution in [3.63, 3.8) is 0 Å². The molecule has 0 aliphatic carbocycles. The quantitative estimate of drug-likeness (QED) is 0.534. The van der Waals surface area contributed by atoms with Gasteiger partial charge in [-0.05, 0) is 51.7 Å². The van der Waals surface area contributed by atoms with Crippen LogP contribution in [0.25, 0.3) is 11.1 Å². The second kappa shape index (κ2) is 6.66. The maximum Gasteiger partial charge on any atom is 0.133 e. The molecule has 5 rings (SSSR count). The molecule has 4 aromatic rings. The van der Waals surface area contributed by atoms with Gasteiger partial charge in [-0.3, -0.25) is 0 Å². The third kappa shape index (κ3) is 2.79. The minimum atomic E-state index is -1.28. The average molecular weight is 401 g/mol. The number of aromatic nitrogens is 2. The van der Waals surface area contributed by atoms with Crippen LogP contribution in [0.15, 0.2) is 71.8 Å². The Morgan fingerprint density at radius 1 is 1.21 bits per heavy atom. The summed E-state index contributed by atoms with van der Waals surface area (Å²) in [6, 6.07) is 15.9. The summed E-state index contributed by atoms with van der Waals surface area (Å²) in [7, 11) is 0. The Bertz CT molecular complexity index is 1240. The Labute approximate surface area is 171 Å². The van der Waals surface area contributed by atoms with Crippen LogP contribution >= 0.6 is 11.3 Å². The van der Waals surface area contributed by atoms with E-state index in [0.29, 0.717) is 17.7 Å². The maximum atomic E-state index is 14.7. The molecule has 0 radical (unpaired) electrons. The lowest BCUT2D eigenvalue weighted by molar-refractivity contribution is 0.0793. The molecule has 1 N–H and O–H groups in total. The van der Waals surface area contributed by atoms with Gasteiger partial charge in [0.05, 0.1) is 35.9 Å². The molecule has 2 aromatic heterocycles. The normalized spacial score (nSPS) is 20.4. The van der Waals surface area contributed by atoms with Gasteiger partial charge < -0.3 is 9.67 Å². The van der Waals surface area contributed by atoms with E-state index in [4.69, 9.17) is 5.26 Å². The van der Waals surface area contributed by atoms with Crippen molar-refractivity contribution >= 4 is 11.3 Å². The summed E-state index contributed by atoms with van der Waals surface area (Å²) in [5, 5.41) is 24.8. The van der Waals surface area contributed by atoms with Crippen molar-refractivity contribution in [2.24, 2.45) is 0 Å². The smallest absolute Gasteiger partial charge is 0.133 e. The number of thiophene rings is 1. The molecule has 3 heterocycles. The van der Waals surface area contributed by atoms with E-state index in [1.54, 1.807) is 36.0 Å². The molecule has 2 unspecified atom stereocenters. The van der Waals surface area contributed by atoms with Crippen LogP contribution in [-0.4, -0.2) is 14.7 Å². The van der Waals surface area contributed by atoms with Gasteiger partial charge in [0.15, 0.2) is 0 Å². The first kappa shape index (κ1) is 17.8. The van der Waals surface area contributed by atoms with E-state index in [1.165, 1.54) is 6.07 Å². The van der Waals surface area contributed by atoms with Gasteiger partial charge in [0, 0.05) is 12.0 Å². The molecule has 4 nitrogen and oxygen atoms in total. The summed E-state index contributed by atoms with van der Waals surface area (Å²) in [4.78, 5) is 4.21. The van der Waals surface area contributed by atoms with E-state index in [0.717, 1.165) is 16.7 Å². The van der Waals surface area contributed by atoms with Crippen LogP contribution in [0.3, 0.4) is 0 Å². The Kier molecular flexibility index (Phi) is 4.09. The molecule has 0 amide bonds. The van der Waals surface area contributed by atoms with Crippen molar-refractivity contribution in [2.45, 2.75) is 18.1 Å². The van der Waals surface area contributed by atoms with Crippen molar-refractivity contribution < 1.29 is 9.50 Å². The number of nitriles is 1. The van der Waals surface area contributed by atoms with Crippen molar-refractivity contribution in [3.8, 4) is 17.2 Å². The SMILES string of the molecule is N#Cc1ccc(C2CC(O)(c3cccc(-c4ccsc4)c3)c3cncn32)c(F)c1. The van der Waals surface area contributed by atoms with Crippen molar-refractivity contribution in [1.82, 2.24) is 9.55 Å². The fourth-order valence-electron chi connectivity index (χ4n) is 4.13. The summed E-state index contributed by atoms with van der Waals surface area (Å²) >= 11 is 1.62. The van der Waals surface area contributed by atoms with E-state index >= 15 is 0 Å². The molecule has 2 atom stereocenters. The van der Waals surface area contributed by atoms with E-state index in [-0.39, 0.29) is 5.56 Å². The predicted molar refractivity (Wildman–Crippen MR) is 109 cm³/mol. The van der Waals surface area contributed by atoms with Gasteiger partial charge in [-0.25, -0.2) is 9.37 Å². The number of nitrogens with zero attached hydrogens (tertiary/aromatic N) is 3. The number of fused-ring (bicyclic) bond motifs is 1. The van der Waals surface area contributed by atoms with E-state index in [1.807, 2.05) is 46.3 Å². The van der Waals surface area contributed by atoms with E-state index in [9.17, 15) is 9.50 Å². The fourth-order valence-corrected chi connectivity index (χ4v) is 4.80. The molecule has 6 heteroatoms. The minimum absolute atomic E-state index is 0.272. The molecule has 0 spiro atoms. The Hall–Kier alpha value is -3.27. The summed E-state index contributed by atoms with van der Waals surface area (Å²) in [6.07, 6.45) is 3.55. The van der Waals surface area contributed by atoms with Crippen LogP contribution in [0.2, 0.25) is 0 Å². The van der Waals surface area contributed by atoms with Crippen LogP contribution in [0.4, 0.5) is 4.39 Å². The lowest BCUT2D eigenvalue weighted by Gasteiger charge is -2.24. The summed E-state index contributed by atoms with van der Waals surface area (Å²) in [5.74, 6) is -0.454. The first-order chi connectivity index (χ1) is 14.1. The van der Waals surface area contributed by atoms with Crippen LogP contribution in [0.5, 0.6) is 0 Å². The topological polar surface area (TPSA) is 61.8 Å². The second-order valence-corrected chi connectivity index (χ2v) is 7.99. The van der Waals surface area contributed by atoms with E-state index in [2.05, 4.69) is 10.4 Å². The molecule has 0 saturated carbocycles. The molecular formula is C23H16FN3OS. The zero-order chi connectivity index (χ0) is 20.0. The highest BCUT2D eigenvalue weighted by Crippen LogP contribution is 2.47. The summed E-state index contributed by atoms with van der Waals surface area (Å²) in [5.41, 5.74) is 2.93. The fraction of sp³-hybridized carbons (Fsp3) is 0.130. The van der Waals surface area contributed by atoms with Gasteiger partial charge in [-0.15, -0.1) is 0 Å². The van der Waals surface area contributed by atoms with Crippen molar-refractivity contribution in [1.29, 1.82) is 5.26 Å². The molecule has 2 aromatic carbocycles. The molecule has 29 heavy (non-hydrogen) atoms. The Morgan fingerprint density at radius 2 is 2.10 bits per heavy atom. The monoisotopic (exact) mass is 401 g/mol. The standard InChI is InChI=1S/C23H16FN3OS/c24-20-8-15(11-25)4-5-19(20)21-10-23(28,22-12-26-14-27(21)22)18-3-1-2-16(9-18)17-6-7-29-13-17/h1-9,12-14,21,28H,10H2. The van der Waals surface area contributed by atoms with Gasteiger partial charge in [-0.2, -0.15) is 16.6 Å². The Morgan fingerprint density at radius 3 is 2.86 bits per heavy atom. The lowest BCUT2D eigenvalue weighted by Crippen LogP contribution is -2.24. The zero-order valence-corrected chi connectivity index (χ0v) is 16.1. The lowest BCUT2D eigenvalue weighted by atomic mass is 9.85. The van der Waals surface area contributed by atoms with Crippen LogP contribution in [-0.2, 0) is 5.60 Å². The largest absolute Gasteiger partial charge is 0.379 e. The second-order valence-electron chi connectivity index (χ2n) is 7.21. The predicted octanol–water partition coefficient (Wildman–Crippen LogP) is 4.85. The molecule has 0 bridgehead atoms. The van der Waals surface area contributed by atoms with Crippen LogP contribution < -0.4 is 0 Å². The Balaban J connectivity index is 1.60. The van der Waals surface area contributed by atoms with Crippen molar-refractivity contribution in [3.05, 3.63) is 100 Å². The first-order valence-corrected chi connectivity index (χ1v) is 10.1. The third-order valence-corrected chi connectivity index (χ3v) is 6.28. The van der Waals surface area contributed by atoms with Gasteiger partial charge in [0.25, 0.3) is 0 Å². The highest BCUT2D eigenvalue weighted by molar-refractivity contribution is 7.08. The average Bonchev–Trinajstić information content (AvgIpc) is 3.48. The molecule has 0 saturated heterocycles. The number of hydrogen-bond acceptors (Lipinski definition) is 4. The van der Waals surface area contributed by atoms with E-state index < -0.39 is 17.5 Å². The van der Waals surface area contributed by atoms with Gasteiger partial charge in [0.2, 0.25) is 0 Å². The van der Waals surface area contributed by atoms with Gasteiger partial charge in [-0.1, -0.05) is 24.3 Å². The van der Waals surface area contributed by atoms with Gasteiger partial charge >= 0.3 is 0 Å². The molecule has 142 valence electrons. The molecule has 1 aliphatic rings. The van der Waals surface area contributed by atoms with Crippen LogP contribution in [0.1, 0.15) is 34.8 Å². The maximum absolute atomic E-state index is 14.7. The highest BCUT2D eigenvalue weighted by Gasteiger charge is 2.45. The zero-order valence-electron chi connectivity index (χ0n) is 15.3. The number of imidazole rings is 1.